The molecule has 0 aromatic rings. The zero-order valence-corrected chi connectivity index (χ0v) is 9.79. The van der Waals surface area contributed by atoms with Crippen molar-refractivity contribution >= 4 is 36.8 Å². The third kappa shape index (κ3) is 5.10. The van der Waals surface area contributed by atoms with E-state index < -0.39 is 23.9 Å². The van der Waals surface area contributed by atoms with Crippen LogP contribution in [0.15, 0.2) is 0 Å². The molecular formula is C6H11NO5P2. The first kappa shape index (κ1) is 13.3. The van der Waals surface area contributed by atoms with Gasteiger partial charge in [0.1, 0.15) is 6.04 Å². The van der Waals surface area contributed by atoms with Gasteiger partial charge < -0.3 is 14.4 Å². The summed E-state index contributed by atoms with van der Waals surface area (Å²) < 4.78 is 8.58. The molecular weight excluding hydrogens is 228 g/mol. The maximum Gasteiger partial charge on any atom is 0.331 e. The zero-order valence-electron chi connectivity index (χ0n) is 7.48. The quantitative estimate of drug-likeness (QED) is 0.672. The smallest absolute Gasteiger partial charge is 0.331 e. The van der Waals surface area contributed by atoms with E-state index in [1.807, 2.05) is 0 Å². The fourth-order valence-electron chi connectivity index (χ4n) is 0.736. The first-order valence-corrected chi connectivity index (χ1v) is 4.52. The lowest BCUT2D eigenvalue weighted by atomic mass is 10.2. The highest BCUT2D eigenvalue weighted by molar-refractivity contribution is 7.11. The van der Waals surface area contributed by atoms with Crippen molar-refractivity contribution in [1.82, 2.24) is 5.32 Å². The average molecular weight is 239 g/mol. The maximum atomic E-state index is 11.0. The van der Waals surface area contributed by atoms with Gasteiger partial charge in [0.15, 0.2) is 0 Å². The number of rotatable bonds is 4. The Labute approximate surface area is 85.7 Å². The summed E-state index contributed by atoms with van der Waals surface area (Å²) in [5.41, 5.74) is 0. The Balaban J connectivity index is 4.31. The van der Waals surface area contributed by atoms with Crippen molar-refractivity contribution in [2.24, 2.45) is 0 Å². The van der Waals surface area contributed by atoms with Crippen LogP contribution >= 0.6 is 18.9 Å². The molecule has 14 heavy (non-hydrogen) atoms. The van der Waals surface area contributed by atoms with Gasteiger partial charge in [-0.05, 0) is 0 Å². The zero-order chi connectivity index (χ0) is 11.1. The molecule has 0 radical (unpaired) electrons. The Bertz CT molecular complexity index is 244. The molecule has 0 heterocycles. The van der Waals surface area contributed by atoms with E-state index in [0.717, 1.165) is 0 Å². The summed E-state index contributed by atoms with van der Waals surface area (Å²) in [6.45, 7) is 1.23. The molecule has 0 aromatic carbocycles. The number of nitrogens with one attached hydrogen (secondary N) is 1. The largest absolute Gasteiger partial charge is 0.451 e. The molecule has 0 bridgehead atoms. The number of amides is 1. The van der Waals surface area contributed by atoms with Crippen LogP contribution in [0.4, 0.5) is 0 Å². The SMILES string of the molecule is CC(=O)N[C@@H](CC(=O)OP)C(=O)OP. The van der Waals surface area contributed by atoms with E-state index in [2.05, 4.69) is 14.4 Å². The van der Waals surface area contributed by atoms with Crippen LogP contribution in [0.3, 0.4) is 0 Å². The van der Waals surface area contributed by atoms with Gasteiger partial charge >= 0.3 is 11.9 Å². The van der Waals surface area contributed by atoms with Crippen molar-refractivity contribution < 1.29 is 23.4 Å². The lowest BCUT2D eigenvalue weighted by Crippen LogP contribution is -2.41. The van der Waals surface area contributed by atoms with Gasteiger partial charge in [-0.2, -0.15) is 0 Å². The van der Waals surface area contributed by atoms with Crippen LogP contribution in [-0.4, -0.2) is 23.9 Å². The molecule has 0 spiro atoms. The minimum absolute atomic E-state index is 0.268. The van der Waals surface area contributed by atoms with Gasteiger partial charge in [-0.3, -0.25) is 9.59 Å². The van der Waals surface area contributed by atoms with Gasteiger partial charge in [0.25, 0.3) is 0 Å². The Morgan fingerprint density at radius 3 is 2.21 bits per heavy atom. The van der Waals surface area contributed by atoms with Crippen molar-refractivity contribution in [3.05, 3.63) is 0 Å². The molecule has 1 N–H and O–H groups in total. The van der Waals surface area contributed by atoms with E-state index in [0.29, 0.717) is 0 Å². The Morgan fingerprint density at radius 2 is 1.86 bits per heavy atom. The van der Waals surface area contributed by atoms with E-state index in [4.69, 9.17) is 0 Å². The molecule has 80 valence electrons. The van der Waals surface area contributed by atoms with Gasteiger partial charge in [0.2, 0.25) is 5.91 Å². The second kappa shape index (κ2) is 6.68. The number of carbonyl (C=O) groups excluding carboxylic acids is 3. The van der Waals surface area contributed by atoms with E-state index in [9.17, 15) is 14.4 Å². The molecule has 1 amide bonds. The minimum atomic E-state index is -1.02. The third-order valence-corrected chi connectivity index (χ3v) is 1.78. The molecule has 0 aliphatic rings. The van der Waals surface area contributed by atoms with Gasteiger partial charge in [0, 0.05) is 6.92 Å². The summed E-state index contributed by atoms with van der Waals surface area (Å²) in [4.78, 5) is 32.5. The highest BCUT2D eigenvalue weighted by Crippen LogP contribution is 2.02. The van der Waals surface area contributed by atoms with Gasteiger partial charge in [0.05, 0.1) is 25.4 Å². The van der Waals surface area contributed by atoms with Crippen LogP contribution < -0.4 is 5.32 Å². The Morgan fingerprint density at radius 1 is 1.29 bits per heavy atom. The average Bonchev–Trinajstić information content (AvgIpc) is 2.14. The molecule has 0 fully saturated rings. The summed E-state index contributed by atoms with van der Waals surface area (Å²) in [7, 11) is 3.50. The van der Waals surface area contributed by atoms with Crippen LogP contribution in [0.2, 0.25) is 0 Å². The first-order valence-electron chi connectivity index (χ1n) is 3.58. The van der Waals surface area contributed by atoms with E-state index in [1.165, 1.54) is 6.92 Å². The van der Waals surface area contributed by atoms with E-state index >= 15 is 0 Å². The number of hydrogen-bond acceptors (Lipinski definition) is 5. The van der Waals surface area contributed by atoms with Gasteiger partial charge in [-0.25, -0.2) is 4.79 Å². The molecule has 0 rings (SSSR count). The van der Waals surface area contributed by atoms with Gasteiger partial charge in [-0.1, -0.05) is 0 Å². The number of carbonyl (C=O) groups is 3. The van der Waals surface area contributed by atoms with Crippen LogP contribution in [0.1, 0.15) is 13.3 Å². The Hall–Kier alpha value is -0.730. The van der Waals surface area contributed by atoms with Crippen molar-refractivity contribution in [3.8, 4) is 0 Å². The summed E-state index contributed by atoms with van der Waals surface area (Å²) in [5, 5.41) is 2.26. The molecule has 2 unspecified atom stereocenters. The molecule has 3 atom stereocenters. The number of hydrogen-bond donors (Lipinski definition) is 1. The van der Waals surface area contributed by atoms with Crippen LogP contribution in [0.25, 0.3) is 0 Å². The fourth-order valence-corrected chi connectivity index (χ4v) is 0.996. The monoisotopic (exact) mass is 239 g/mol. The second-order valence-corrected chi connectivity index (χ2v) is 2.86. The van der Waals surface area contributed by atoms with Crippen LogP contribution in [-0.2, 0) is 23.4 Å². The van der Waals surface area contributed by atoms with Crippen molar-refractivity contribution in [2.45, 2.75) is 19.4 Å². The molecule has 0 aliphatic carbocycles. The molecule has 6 nitrogen and oxygen atoms in total. The molecule has 0 saturated heterocycles. The lowest BCUT2D eigenvalue weighted by Gasteiger charge is -2.13. The molecule has 0 aromatic heterocycles. The van der Waals surface area contributed by atoms with Crippen LogP contribution in [0.5, 0.6) is 0 Å². The topological polar surface area (TPSA) is 81.7 Å². The predicted octanol–water partition coefficient (Wildman–Crippen LogP) is -0.452. The minimum Gasteiger partial charge on any atom is -0.451 e. The Kier molecular flexibility index (Phi) is 6.34. The van der Waals surface area contributed by atoms with E-state index in [-0.39, 0.29) is 6.42 Å². The maximum absolute atomic E-state index is 11.0. The highest BCUT2D eigenvalue weighted by atomic mass is 31.0. The summed E-state index contributed by atoms with van der Waals surface area (Å²) in [5.74, 6) is -1.79. The highest BCUT2D eigenvalue weighted by Gasteiger charge is 2.23. The van der Waals surface area contributed by atoms with E-state index in [1.54, 1.807) is 18.9 Å². The molecule has 8 heteroatoms. The van der Waals surface area contributed by atoms with Gasteiger partial charge in [-0.15, -0.1) is 0 Å². The second-order valence-electron chi connectivity index (χ2n) is 2.38. The predicted molar refractivity (Wildman–Crippen MR) is 53.8 cm³/mol. The third-order valence-electron chi connectivity index (χ3n) is 1.28. The molecule has 0 saturated carbocycles. The molecule has 0 aliphatic heterocycles. The van der Waals surface area contributed by atoms with Crippen molar-refractivity contribution in [1.29, 1.82) is 0 Å². The first-order chi connectivity index (χ1) is 6.51. The standard InChI is InChI=1S/C6H11NO5P2/c1-3(8)7-4(6(10)12-14)2-5(9)11-13/h4H,2,13-14H2,1H3,(H,7,8)/t4-/m0/s1. The summed E-state index contributed by atoms with van der Waals surface area (Å²) in [6, 6.07) is -1.02. The normalized spacial score (nSPS) is 11.4. The van der Waals surface area contributed by atoms with Crippen molar-refractivity contribution in [3.63, 3.8) is 0 Å². The van der Waals surface area contributed by atoms with Crippen LogP contribution in [0, 0.1) is 0 Å². The fraction of sp³-hybridized carbons (Fsp3) is 0.500. The summed E-state index contributed by atoms with van der Waals surface area (Å²) in [6.07, 6.45) is -0.268. The lowest BCUT2D eigenvalue weighted by molar-refractivity contribution is -0.143. The summed E-state index contributed by atoms with van der Waals surface area (Å²) >= 11 is 0. The van der Waals surface area contributed by atoms with Crippen molar-refractivity contribution in [2.75, 3.05) is 0 Å².